The summed E-state index contributed by atoms with van der Waals surface area (Å²) < 4.78 is 0. The third kappa shape index (κ3) is 6.88. The number of anilines is 1. The summed E-state index contributed by atoms with van der Waals surface area (Å²) in [6, 6.07) is 15.3. The van der Waals surface area contributed by atoms with Crippen LogP contribution in [-0.4, -0.2) is 41.8 Å². The number of aryl methyl sites for hydroxylation is 2. The second-order valence-corrected chi connectivity index (χ2v) is 8.93. The highest BCUT2D eigenvalue weighted by Gasteiger charge is 2.14. The van der Waals surface area contributed by atoms with E-state index in [0.29, 0.717) is 22.8 Å². The Balaban J connectivity index is 1.76. The molecule has 172 valence electrons. The molecule has 3 rings (SSSR count). The van der Waals surface area contributed by atoms with Crippen LogP contribution in [-0.2, 0) is 24.1 Å². The third-order valence-corrected chi connectivity index (χ3v) is 5.89. The Morgan fingerprint density at radius 2 is 1.64 bits per heavy atom. The van der Waals surface area contributed by atoms with Crippen molar-refractivity contribution >= 4 is 39.9 Å². The summed E-state index contributed by atoms with van der Waals surface area (Å²) in [4.78, 5) is 35.0. The van der Waals surface area contributed by atoms with E-state index in [1.54, 1.807) is 19.0 Å². The smallest absolute Gasteiger partial charge is 0.253 e. The van der Waals surface area contributed by atoms with E-state index < -0.39 is 0 Å². The van der Waals surface area contributed by atoms with Crippen LogP contribution in [0.5, 0.6) is 0 Å². The maximum atomic E-state index is 12.1. The molecule has 0 atom stereocenters. The van der Waals surface area contributed by atoms with E-state index in [4.69, 9.17) is 11.5 Å². The number of nitrogens with two attached hydrogens (primary N) is 2. The van der Waals surface area contributed by atoms with Crippen LogP contribution >= 0.6 is 11.3 Å². The number of aromatic nitrogens is 1. The van der Waals surface area contributed by atoms with Gasteiger partial charge in [-0.1, -0.05) is 24.3 Å². The molecule has 0 aliphatic rings. The molecule has 1 aromatic heterocycles. The van der Waals surface area contributed by atoms with Gasteiger partial charge in [-0.15, -0.1) is 11.3 Å². The second-order valence-electron chi connectivity index (χ2n) is 7.85. The van der Waals surface area contributed by atoms with Gasteiger partial charge in [0.05, 0.1) is 11.4 Å². The molecule has 2 amide bonds. The summed E-state index contributed by atoms with van der Waals surface area (Å²) >= 11 is 1.48. The summed E-state index contributed by atoms with van der Waals surface area (Å²) in [6.45, 7) is 1.47. The molecule has 0 fully saturated rings. The third-order valence-electron chi connectivity index (χ3n) is 4.88. The number of hydrogen-bond donors (Lipinski definition) is 3. The van der Waals surface area contributed by atoms with Crippen LogP contribution in [0.1, 0.15) is 39.0 Å². The zero-order valence-electron chi connectivity index (χ0n) is 19.0. The molecule has 0 bridgehead atoms. The van der Waals surface area contributed by atoms with E-state index in [0.717, 1.165) is 34.5 Å². The molecule has 0 aliphatic carbocycles. The Morgan fingerprint density at radius 3 is 2.21 bits per heavy atom. The highest BCUT2D eigenvalue weighted by molar-refractivity contribution is 7.15. The molecule has 0 spiro atoms. The van der Waals surface area contributed by atoms with E-state index in [2.05, 4.69) is 15.3 Å². The highest BCUT2D eigenvalue weighted by atomic mass is 32.1. The number of nitrogens with one attached hydrogen (secondary N) is 1. The Labute approximate surface area is 197 Å². The van der Waals surface area contributed by atoms with Crippen molar-refractivity contribution in [1.82, 2.24) is 9.88 Å². The van der Waals surface area contributed by atoms with Gasteiger partial charge in [0.1, 0.15) is 0 Å². The number of rotatable bonds is 8. The van der Waals surface area contributed by atoms with Gasteiger partial charge in [0.15, 0.2) is 11.1 Å². The van der Waals surface area contributed by atoms with Crippen molar-refractivity contribution in [2.45, 2.75) is 26.2 Å². The minimum Gasteiger partial charge on any atom is -0.370 e. The van der Waals surface area contributed by atoms with Crippen LogP contribution in [0.2, 0.25) is 0 Å². The first-order valence-electron chi connectivity index (χ1n) is 10.5. The summed E-state index contributed by atoms with van der Waals surface area (Å²) in [5.41, 5.74) is 15.4. The number of hydrogen-bond acceptors (Lipinski definition) is 5. The fourth-order valence-corrected chi connectivity index (χ4v) is 4.37. The topological polar surface area (TPSA) is 127 Å². The van der Waals surface area contributed by atoms with Crippen molar-refractivity contribution in [2.24, 2.45) is 16.5 Å². The van der Waals surface area contributed by atoms with E-state index in [-0.39, 0.29) is 17.8 Å². The van der Waals surface area contributed by atoms with Gasteiger partial charge in [-0.05, 0) is 48.2 Å². The van der Waals surface area contributed by atoms with Gasteiger partial charge in [-0.3, -0.25) is 9.59 Å². The molecule has 9 heteroatoms. The minimum atomic E-state index is -0.149. The van der Waals surface area contributed by atoms with Gasteiger partial charge in [-0.2, -0.15) is 0 Å². The monoisotopic (exact) mass is 464 g/mol. The second kappa shape index (κ2) is 10.7. The predicted molar refractivity (Wildman–Crippen MR) is 133 cm³/mol. The Morgan fingerprint density at radius 1 is 1.00 bits per heavy atom. The van der Waals surface area contributed by atoms with Crippen LogP contribution in [0.3, 0.4) is 0 Å². The molecular weight excluding hydrogens is 436 g/mol. The molecule has 1 heterocycles. The first-order valence-corrected chi connectivity index (χ1v) is 11.3. The largest absolute Gasteiger partial charge is 0.370 e. The van der Waals surface area contributed by atoms with Crippen molar-refractivity contribution in [3.8, 4) is 0 Å². The molecule has 0 radical (unpaired) electrons. The van der Waals surface area contributed by atoms with E-state index in [1.165, 1.54) is 18.3 Å². The number of nitrogens with zero attached hydrogens (tertiary/aromatic N) is 3. The number of guanidine groups is 1. The van der Waals surface area contributed by atoms with Crippen molar-refractivity contribution in [2.75, 3.05) is 19.4 Å². The van der Waals surface area contributed by atoms with Crippen LogP contribution in [0, 0.1) is 0 Å². The number of carbonyl (C=O) groups excluding carboxylic acids is 2. The SMILES string of the molecule is CC(=O)Nc1nc(CCc2ccc(N=C(N)N)cc2)c(Cc2ccc(C(=O)N(C)C)cc2)s1. The van der Waals surface area contributed by atoms with Gasteiger partial charge < -0.3 is 21.7 Å². The molecular formula is C24H28N6O2S. The Hall–Kier alpha value is -3.72. The van der Waals surface area contributed by atoms with E-state index in [1.807, 2.05) is 48.5 Å². The normalized spacial score (nSPS) is 10.5. The van der Waals surface area contributed by atoms with Crippen LogP contribution in [0.25, 0.3) is 0 Å². The summed E-state index contributed by atoms with van der Waals surface area (Å²) in [5, 5.41) is 3.38. The number of thiazole rings is 1. The summed E-state index contributed by atoms with van der Waals surface area (Å²) in [5.74, 6) is -0.151. The van der Waals surface area contributed by atoms with Crippen LogP contribution in [0.4, 0.5) is 10.8 Å². The lowest BCUT2D eigenvalue weighted by molar-refractivity contribution is -0.114. The van der Waals surface area contributed by atoms with Crippen LogP contribution in [0.15, 0.2) is 53.5 Å². The number of benzene rings is 2. The minimum absolute atomic E-state index is 0.0273. The molecule has 2 aromatic carbocycles. The molecule has 8 nitrogen and oxygen atoms in total. The Kier molecular flexibility index (Phi) is 7.78. The molecule has 0 saturated heterocycles. The first kappa shape index (κ1) is 23.9. The van der Waals surface area contributed by atoms with Crippen molar-refractivity contribution in [3.63, 3.8) is 0 Å². The molecule has 0 saturated carbocycles. The highest BCUT2D eigenvalue weighted by Crippen LogP contribution is 2.27. The maximum absolute atomic E-state index is 12.1. The molecule has 5 N–H and O–H groups in total. The van der Waals surface area contributed by atoms with Crippen molar-refractivity contribution in [1.29, 1.82) is 0 Å². The first-order chi connectivity index (χ1) is 15.7. The predicted octanol–water partition coefficient (Wildman–Crippen LogP) is 3.08. The number of aliphatic imine (C=N–C) groups is 1. The lowest BCUT2D eigenvalue weighted by Crippen LogP contribution is -2.21. The standard InChI is InChI=1S/C24H28N6O2S/c1-15(31)27-24-29-20(13-8-16-6-11-19(12-7-16)28-23(25)26)21(33-24)14-17-4-9-18(10-5-17)22(32)30(2)3/h4-7,9-12H,8,13-14H2,1-3H3,(H4,25,26,28)(H,27,29,31). The zero-order chi connectivity index (χ0) is 24.0. The lowest BCUT2D eigenvalue weighted by atomic mass is 10.0. The van der Waals surface area contributed by atoms with E-state index >= 15 is 0 Å². The van der Waals surface area contributed by atoms with Gasteiger partial charge in [0.25, 0.3) is 5.91 Å². The molecule has 0 unspecified atom stereocenters. The maximum Gasteiger partial charge on any atom is 0.253 e. The Bertz CT molecular complexity index is 1150. The average Bonchev–Trinajstić information content (AvgIpc) is 3.13. The number of amides is 2. The number of carbonyl (C=O) groups is 2. The molecule has 0 aliphatic heterocycles. The van der Waals surface area contributed by atoms with Gasteiger partial charge in [0.2, 0.25) is 5.91 Å². The lowest BCUT2D eigenvalue weighted by Gasteiger charge is -2.10. The van der Waals surface area contributed by atoms with Crippen LogP contribution < -0.4 is 16.8 Å². The fourth-order valence-electron chi connectivity index (χ4n) is 3.28. The summed E-state index contributed by atoms with van der Waals surface area (Å²) in [6.07, 6.45) is 2.19. The van der Waals surface area contributed by atoms with Crippen molar-refractivity contribution < 1.29 is 9.59 Å². The molecule has 3 aromatic rings. The molecule has 33 heavy (non-hydrogen) atoms. The quantitative estimate of drug-likeness (QED) is 0.349. The fraction of sp³-hybridized carbons (Fsp3) is 0.250. The van der Waals surface area contributed by atoms with Crippen molar-refractivity contribution in [3.05, 3.63) is 75.8 Å². The van der Waals surface area contributed by atoms with Gasteiger partial charge >= 0.3 is 0 Å². The zero-order valence-corrected chi connectivity index (χ0v) is 19.8. The van der Waals surface area contributed by atoms with Gasteiger partial charge in [-0.25, -0.2) is 9.98 Å². The van der Waals surface area contributed by atoms with Gasteiger partial charge in [0, 0.05) is 37.9 Å². The van der Waals surface area contributed by atoms with E-state index in [9.17, 15) is 9.59 Å². The summed E-state index contributed by atoms with van der Waals surface area (Å²) in [7, 11) is 3.47. The average molecular weight is 465 g/mol.